The number of hydrogen-bond donors (Lipinski definition) is 1. The zero-order valence-electron chi connectivity index (χ0n) is 17.1. The van der Waals surface area contributed by atoms with Gasteiger partial charge in [0, 0.05) is 12.1 Å². The highest BCUT2D eigenvalue weighted by Gasteiger charge is 2.45. The number of ether oxygens (including phenoxy) is 1. The Labute approximate surface area is 171 Å². The van der Waals surface area contributed by atoms with Crippen molar-refractivity contribution in [3.63, 3.8) is 0 Å². The Balaban J connectivity index is 2.01. The number of likely N-dealkylation sites (tertiary alicyclic amines) is 1. The number of Topliss-reactive ketones (excluding diaryl/α,β-unsaturated/α-hetero) is 1. The molecule has 2 aromatic carbocycles. The molecule has 0 aromatic heterocycles. The number of carbonyl (C=O) groups is 2. The first-order chi connectivity index (χ1) is 13.9. The van der Waals surface area contributed by atoms with Crippen LogP contribution in [0.15, 0.2) is 60.2 Å². The smallest absolute Gasteiger partial charge is 0.295 e. The highest BCUT2D eigenvalue weighted by atomic mass is 16.5. The van der Waals surface area contributed by atoms with Crippen molar-refractivity contribution in [2.45, 2.75) is 33.2 Å². The molecule has 0 aliphatic carbocycles. The summed E-state index contributed by atoms with van der Waals surface area (Å²) < 4.78 is 5.68. The predicted octanol–water partition coefficient (Wildman–Crippen LogP) is 4.55. The fourth-order valence-electron chi connectivity index (χ4n) is 3.46. The lowest BCUT2D eigenvalue weighted by Crippen LogP contribution is -2.30. The number of aliphatic hydroxyl groups is 1. The van der Waals surface area contributed by atoms with E-state index in [1.54, 1.807) is 29.2 Å². The predicted molar refractivity (Wildman–Crippen MR) is 113 cm³/mol. The quantitative estimate of drug-likeness (QED) is 0.426. The zero-order valence-corrected chi connectivity index (χ0v) is 17.1. The normalized spacial score (nSPS) is 18.5. The molecule has 1 fully saturated rings. The van der Waals surface area contributed by atoms with Gasteiger partial charge in [-0.3, -0.25) is 9.59 Å². The summed E-state index contributed by atoms with van der Waals surface area (Å²) in [7, 11) is 0. The molecule has 1 amide bonds. The van der Waals surface area contributed by atoms with Crippen LogP contribution < -0.4 is 4.74 Å². The van der Waals surface area contributed by atoms with E-state index in [9.17, 15) is 14.7 Å². The summed E-state index contributed by atoms with van der Waals surface area (Å²) in [6, 6.07) is 15.7. The fourth-order valence-corrected chi connectivity index (χ4v) is 3.46. The van der Waals surface area contributed by atoms with Crippen LogP contribution in [0.5, 0.6) is 5.75 Å². The Bertz CT molecular complexity index is 900. The number of benzene rings is 2. The van der Waals surface area contributed by atoms with Gasteiger partial charge in [-0.25, -0.2) is 0 Å². The maximum absolute atomic E-state index is 12.8. The van der Waals surface area contributed by atoms with Gasteiger partial charge in [-0.1, -0.05) is 51.1 Å². The summed E-state index contributed by atoms with van der Waals surface area (Å²) in [4.78, 5) is 27.0. The van der Waals surface area contributed by atoms with Gasteiger partial charge in [0.2, 0.25) is 0 Å². The van der Waals surface area contributed by atoms with Crippen molar-refractivity contribution in [3.05, 3.63) is 71.3 Å². The molecule has 1 aliphatic rings. The van der Waals surface area contributed by atoms with E-state index < -0.39 is 17.7 Å². The molecule has 0 radical (unpaired) electrons. The SMILES string of the molecule is CCCN1C(=O)C(=O)/C(=C(\O)c2ccc(OCC(C)C)cc2)C1c1ccccc1. The number of rotatable bonds is 7. The summed E-state index contributed by atoms with van der Waals surface area (Å²) in [6.45, 7) is 7.14. The largest absolute Gasteiger partial charge is 0.507 e. The van der Waals surface area contributed by atoms with Gasteiger partial charge in [0.1, 0.15) is 11.5 Å². The first kappa shape index (κ1) is 20.6. The van der Waals surface area contributed by atoms with Crippen molar-refractivity contribution < 1.29 is 19.4 Å². The van der Waals surface area contributed by atoms with Crippen molar-refractivity contribution in [1.82, 2.24) is 4.90 Å². The number of ketones is 1. The van der Waals surface area contributed by atoms with Crippen LogP contribution in [0.4, 0.5) is 0 Å². The number of aliphatic hydroxyl groups excluding tert-OH is 1. The second kappa shape index (κ2) is 8.95. The third kappa shape index (κ3) is 4.34. The van der Waals surface area contributed by atoms with Crippen molar-refractivity contribution in [2.75, 3.05) is 13.2 Å². The third-order valence-electron chi connectivity index (χ3n) is 4.83. The molecule has 0 bridgehead atoms. The summed E-state index contributed by atoms with van der Waals surface area (Å²) in [5.41, 5.74) is 1.42. The monoisotopic (exact) mass is 393 g/mol. The lowest BCUT2D eigenvalue weighted by Gasteiger charge is -2.24. The minimum Gasteiger partial charge on any atom is -0.507 e. The van der Waals surface area contributed by atoms with Crippen LogP contribution in [0, 0.1) is 5.92 Å². The second-order valence-electron chi connectivity index (χ2n) is 7.63. The fraction of sp³-hybridized carbons (Fsp3) is 0.333. The van der Waals surface area contributed by atoms with E-state index in [1.807, 2.05) is 37.3 Å². The van der Waals surface area contributed by atoms with Gasteiger partial charge < -0.3 is 14.7 Å². The van der Waals surface area contributed by atoms with E-state index in [1.165, 1.54) is 0 Å². The van der Waals surface area contributed by atoms with E-state index in [-0.39, 0.29) is 11.3 Å². The third-order valence-corrected chi connectivity index (χ3v) is 4.83. The number of hydrogen-bond acceptors (Lipinski definition) is 4. The molecule has 5 nitrogen and oxygen atoms in total. The Kier molecular flexibility index (Phi) is 6.37. The first-order valence-corrected chi connectivity index (χ1v) is 10.0. The lowest BCUT2D eigenvalue weighted by molar-refractivity contribution is -0.139. The summed E-state index contributed by atoms with van der Waals surface area (Å²) in [6.07, 6.45) is 0.721. The molecule has 1 saturated heterocycles. The van der Waals surface area contributed by atoms with Gasteiger partial charge in [0.15, 0.2) is 0 Å². The summed E-state index contributed by atoms with van der Waals surface area (Å²) in [5, 5.41) is 11.0. The molecular weight excluding hydrogens is 366 g/mol. The average molecular weight is 393 g/mol. The minimum absolute atomic E-state index is 0.130. The number of carbonyl (C=O) groups excluding carboxylic acids is 2. The number of nitrogens with zero attached hydrogens (tertiary/aromatic N) is 1. The van der Waals surface area contributed by atoms with Crippen molar-refractivity contribution in [2.24, 2.45) is 5.92 Å². The molecule has 1 atom stereocenters. The molecule has 1 heterocycles. The topological polar surface area (TPSA) is 66.8 Å². The van der Waals surface area contributed by atoms with Gasteiger partial charge >= 0.3 is 0 Å². The van der Waals surface area contributed by atoms with Crippen molar-refractivity contribution >= 4 is 17.4 Å². The molecule has 5 heteroatoms. The molecule has 3 rings (SSSR count). The summed E-state index contributed by atoms with van der Waals surface area (Å²) in [5.74, 6) is -0.278. The van der Waals surface area contributed by atoms with Crippen LogP contribution in [0.2, 0.25) is 0 Å². The molecule has 152 valence electrons. The molecule has 0 spiro atoms. The van der Waals surface area contributed by atoms with Gasteiger partial charge in [-0.05, 0) is 42.2 Å². The molecule has 2 aromatic rings. The van der Waals surface area contributed by atoms with Crippen LogP contribution in [0.1, 0.15) is 44.4 Å². The van der Waals surface area contributed by atoms with Gasteiger partial charge in [0.25, 0.3) is 11.7 Å². The van der Waals surface area contributed by atoms with Crippen LogP contribution >= 0.6 is 0 Å². The van der Waals surface area contributed by atoms with Crippen LogP contribution in [0.25, 0.3) is 5.76 Å². The maximum Gasteiger partial charge on any atom is 0.295 e. The average Bonchev–Trinajstić information content (AvgIpc) is 2.98. The molecule has 1 N–H and O–H groups in total. The highest BCUT2D eigenvalue weighted by Crippen LogP contribution is 2.39. The van der Waals surface area contributed by atoms with E-state index in [4.69, 9.17) is 4.74 Å². The maximum atomic E-state index is 12.8. The molecule has 29 heavy (non-hydrogen) atoms. The van der Waals surface area contributed by atoms with E-state index >= 15 is 0 Å². The van der Waals surface area contributed by atoms with Crippen molar-refractivity contribution in [3.8, 4) is 5.75 Å². The van der Waals surface area contributed by atoms with E-state index in [2.05, 4.69) is 13.8 Å². The molecule has 0 saturated carbocycles. The Hall–Kier alpha value is -3.08. The lowest BCUT2D eigenvalue weighted by atomic mass is 9.95. The van der Waals surface area contributed by atoms with E-state index in [0.29, 0.717) is 30.4 Å². The van der Waals surface area contributed by atoms with Gasteiger partial charge in [-0.15, -0.1) is 0 Å². The standard InChI is InChI=1S/C24H27NO4/c1-4-14-25-21(17-8-6-5-7-9-17)20(23(27)24(25)28)22(26)18-10-12-19(13-11-18)29-15-16(2)3/h5-13,16,21,26H,4,14-15H2,1-3H3/b22-20-. The minimum atomic E-state index is -0.648. The van der Waals surface area contributed by atoms with Crippen molar-refractivity contribution in [1.29, 1.82) is 0 Å². The van der Waals surface area contributed by atoms with Crippen LogP contribution in [-0.4, -0.2) is 34.8 Å². The molecule has 1 aliphatic heterocycles. The zero-order chi connectivity index (χ0) is 21.0. The van der Waals surface area contributed by atoms with Gasteiger partial charge in [-0.2, -0.15) is 0 Å². The number of amides is 1. The van der Waals surface area contributed by atoms with Gasteiger partial charge in [0.05, 0.1) is 18.2 Å². The Morgan fingerprint density at radius 3 is 2.31 bits per heavy atom. The summed E-state index contributed by atoms with van der Waals surface area (Å²) >= 11 is 0. The second-order valence-corrected chi connectivity index (χ2v) is 7.63. The first-order valence-electron chi connectivity index (χ1n) is 10.0. The highest BCUT2D eigenvalue weighted by molar-refractivity contribution is 6.46. The Morgan fingerprint density at radius 1 is 1.07 bits per heavy atom. The molecule has 1 unspecified atom stereocenters. The molecular formula is C24H27NO4. The van der Waals surface area contributed by atoms with Crippen LogP contribution in [-0.2, 0) is 9.59 Å². The Morgan fingerprint density at radius 2 is 1.72 bits per heavy atom. The van der Waals surface area contributed by atoms with E-state index in [0.717, 1.165) is 12.0 Å². The van der Waals surface area contributed by atoms with Crippen LogP contribution in [0.3, 0.4) is 0 Å².